The fourth-order valence-electron chi connectivity index (χ4n) is 2.34. The molecule has 9 heteroatoms. The van der Waals surface area contributed by atoms with E-state index >= 15 is 0 Å². The Morgan fingerprint density at radius 3 is 2.52 bits per heavy atom. The molecule has 2 amide bonds. The summed E-state index contributed by atoms with van der Waals surface area (Å²) in [4.78, 5) is 23.7. The smallest absolute Gasteiger partial charge is 0.240 e. The van der Waals surface area contributed by atoms with Crippen LogP contribution in [0.2, 0.25) is 0 Å². The molecule has 2 aromatic carbocycles. The fraction of sp³-hybridized carbons (Fsp3) is 0.250. The molecule has 2 N–H and O–H groups in total. The minimum atomic E-state index is -0.399. The first-order valence-electron chi connectivity index (χ1n) is 8.80. The molecule has 2 aromatic rings. The first kappa shape index (κ1) is 22.6. The van der Waals surface area contributed by atoms with Gasteiger partial charge in [0.1, 0.15) is 5.82 Å². The minimum Gasteiger partial charge on any atom is -0.492 e. The van der Waals surface area contributed by atoms with Gasteiger partial charge in [-0.25, -0.2) is 9.82 Å². The summed E-state index contributed by atoms with van der Waals surface area (Å²) in [6.45, 7) is 2.36. The van der Waals surface area contributed by atoms with Crippen LogP contribution in [0.1, 0.15) is 25.3 Å². The van der Waals surface area contributed by atoms with Crippen molar-refractivity contribution in [3.05, 3.63) is 51.3 Å². The zero-order valence-corrected chi connectivity index (χ0v) is 18.2. The van der Waals surface area contributed by atoms with Gasteiger partial charge in [-0.3, -0.25) is 9.59 Å². The van der Waals surface area contributed by atoms with Gasteiger partial charge in [-0.15, -0.1) is 0 Å². The third kappa shape index (κ3) is 7.33. The van der Waals surface area contributed by atoms with Gasteiger partial charge in [0.05, 0.1) is 23.5 Å². The molecule has 0 spiro atoms. The molecular weight excluding hydrogens is 492 g/mol. The maximum absolute atomic E-state index is 12.8. The van der Waals surface area contributed by atoms with Gasteiger partial charge in [-0.2, -0.15) is 5.10 Å². The normalized spacial score (nSPS) is 10.6. The first-order valence-corrected chi connectivity index (χ1v) is 9.88. The largest absolute Gasteiger partial charge is 0.492 e. The van der Waals surface area contributed by atoms with Gasteiger partial charge in [0.25, 0.3) is 0 Å². The van der Waals surface area contributed by atoms with Crippen molar-refractivity contribution in [3.8, 4) is 11.5 Å². The molecule has 2 rings (SSSR count). The third-order valence-electron chi connectivity index (χ3n) is 3.65. The molecule has 0 unspecified atom stereocenters. The van der Waals surface area contributed by atoms with E-state index in [0.717, 1.165) is 9.13 Å². The second-order valence-corrected chi connectivity index (χ2v) is 6.98. The molecule has 0 aliphatic heterocycles. The molecule has 0 saturated heterocycles. The predicted octanol–water partition coefficient (Wildman–Crippen LogP) is 3.71. The van der Waals surface area contributed by atoms with Gasteiger partial charge < -0.3 is 14.8 Å². The number of benzene rings is 2. The molecule has 154 valence electrons. The average Bonchev–Trinajstić information content (AvgIpc) is 2.68. The quantitative estimate of drug-likeness (QED) is 0.304. The van der Waals surface area contributed by atoms with Gasteiger partial charge >= 0.3 is 0 Å². The van der Waals surface area contributed by atoms with Crippen LogP contribution in [0, 0.1) is 9.39 Å². The van der Waals surface area contributed by atoms with E-state index in [9.17, 15) is 14.0 Å². The highest BCUT2D eigenvalue weighted by molar-refractivity contribution is 14.1. The topological polar surface area (TPSA) is 89.0 Å². The number of nitrogens with one attached hydrogen (secondary N) is 2. The van der Waals surface area contributed by atoms with Crippen molar-refractivity contribution in [2.24, 2.45) is 5.10 Å². The number of amides is 2. The summed E-state index contributed by atoms with van der Waals surface area (Å²) in [5, 5.41) is 6.50. The summed E-state index contributed by atoms with van der Waals surface area (Å²) in [6.07, 6.45) is 1.43. The van der Waals surface area contributed by atoms with Gasteiger partial charge in [-0.1, -0.05) is 0 Å². The number of methoxy groups -OCH3 is 1. The van der Waals surface area contributed by atoms with Crippen LogP contribution in [0.3, 0.4) is 0 Å². The van der Waals surface area contributed by atoms with Crippen LogP contribution in [0.15, 0.2) is 41.5 Å². The summed E-state index contributed by atoms with van der Waals surface area (Å²) in [5.74, 6) is 0.0960. The monoisotopic (exact) mass is 513 g/mol. The van der Waals surface area contributed by atoms with Crippen molar-refractivity contribution in [1.82, 2.24) is 5.43 Å². The molecule has 0 bridgehead atoms. The number of nitrogens with zero attached hydrogens (tertiary/aromatic N) is 1. The zero-order valence-electron chi connectivity index (χ0n) is 16.0. The van der Waals surface area contributed by atoms with E-state index in [1.165, 1.54) is 30.5 Å². The maximum Gasteiger partial charge on any atom is 0.240 e. The predicted molar refractivity (Wildman–Crippen MR) is 117 cm³/mol. The molecule has 0 atom stereocenters. The molecule has 0 aliphatic rings. The number of rotatable bonds is 9. The Kier molecular flexibility index (Phi) is 8.84. The second kappa shape index (κ2) is 11.3. The van der Waals surface area contributed by atoms with E-state index in [1.54, 1.807) is 13.2 Å². The number of hydrazone groups is 1. The molecule has 29 heavy (non-hydrogen) atoms. The number of carbonyl (C=O) groups excluding carboxylic acids is 2. The van der Waals surface area contributed by atoms with E-state index < -0.39 is 5.91 Å². The Morgan fingerprint density at radius 1 is 1.17 bits per heavy atom. The number of hydrogen-bond acceptors (Lipinski definition) is 5. The Balaban J connectivity index is 1.84. The van der Waals surface area contributed by atoms with E-state index in [2.05, 4.69) is 38.4 Å². The number of anilines is 1. The second-order valence-electron chi connectivity index (χ2n) is 5.82. The molecule has 0 heterocycles. The van der Waals surface area contributed by atoms with E-state index in [-0.39, 0.29) is 24.6 Å². The first-order chi connectivity index (χ1) is 13.9. The van der Waals surface area contributed by atoms with Gasteiger partial charge in [0.2, 0.25) is 11.8 Å². The molecule has 0 aromatic heterocycles. The highest BCUT2D eigenvalue weighted by Crippen LogP contribution is 2.33. The number of carbonyl (C=O) groups is 2. The average molecular weight is 513 g/mol. The standard InChI is InChI=1S/C20H21FIN3O4/c1-3-29-17-11-13(10-16(22)20(17)28-2)12-23-25-19(27)9-8-18(26)24-15-6-4-14(21)5-7-15/h4-7,10-12H,3,8-9H2,1-2H3,(H,24,26)(H,25,27). The Morgan fingerprint density at radius 2 is 1.86 bits per heavy atom. The number of hydrogen-bond donors (Lipinski definition) is 2. The highest BCUT2D eigenvalue weighted by atomic mass is 127. The van der Waals surface area contributed by atoms with Crippen molar-refractivity contribution in [3.63, 3.8) is 0 Å². The Labute approximate surface area is 181 Å². The summed E-state index contributed by atoms with van der Waals surface area (Å²) in [5.41, 5.74) is 3.58. The molecule has 0 radical (unpaired) electrons. The van der Waals surface area contributed by atoms with Crippen LogP contribution in [0.5, 0.6) is 11.5 Å². The lowest BCUT2D eigenvalue weighted by Crippen LogP contribution is -2.20. The van der Waals surface area contributed by atoms with Crippen LogP contribution >= 0.6 is 22.6 Å². The van der Waals surface area contributed by atoms with Crippen LogP contribution in [0.25, 0.3) is 0 Å². The zero-order chi connectivity index (χ0) is 21.2. The fourth-order valence-corrected chi connectivity index (χ4v) is 3.19. The lowest BCUT2D eigenvalue weighted by atomic mass is 10.2. The van der Waals surface area contributed by atoms with Crippen molar-refractivity contribution in [1.29, 1.82) is 0 Å². The van der Waals surface area contributed by atoms with Gasteiger partial charge in [0.15, 0.2) is 11.5 Å². The van der Waals surface area contributed by atoms with Gasteiger partial charge in [-0.05, 0) is 71.5 Å². The summed E-state index contributed by atoms with van der Waals surface area (Å²) < 4.78 is 24.6. The van der Waals surface area contributed by atoms with Crippen LogP contribution in [-0.4, -0.2) is 31.7 Å². The molecule has 0 fully saturated rings. The van der Waals surface area contributed by atoms with Crippen molar-refractivity contribution in [2.45, 2.75) is 19.8 Å². The van der Waals surface area contributed by atoms with E-state index in [1.807, 2.05) is 13.0 Å². The molecule has 7 nitrogen and oxygen atoms in total. The summed E-state index contributed by atoms with van der Waals surface area (Å²) in [6, 6.07) is 8.99. The van der Waals surface area contributed by atoms with E-state index in [4.69, 9.17) is 9.47 Å². The third-order valence-corrected chi connectivity index (χ3v) is 4.45. The van der Waals surface area contributed by atoms with Crippen LogP contribution in [-0.2, 0) is 9.59 Å². The van der Waals surface area contributed by atoms with Crippen molar-refractivity contribution in [2.75, 3.05) is 19.0 Å². The minimum absolute atomic E-state index is 0.0202. The van der Waals surface area contributed by atoms with Crippen LogP contribution < -0.4 is 20.2 Å². The summed E-state index contributed by atoms with van der Waals surface area (Å²) >= 11 is 2.13. The number of ether oxygens (including phenoxy) is 2. The Bertz CT molecular complexity index is 888. The maximum atomic E-state index is 12.8. The lowest BCUT2D eigenvalue weighted by molar-refractivity contribution is -0.124. The summed E-state index contributed by atoms with van der Waals surface area (Å²) in [7, 11) is 1.57. The molecule has 0 saturated carbocycles. The number of halogens is 2. The molecular formula is C20H21FIN3O4. The van der Waals surface area contributed by atoms with Crippen molar-refractivity contribution >= 4 is 46.3 Å². The van der Waals surface area contributed by atoms with Crippen molar-refractivity contribution < 1.29 is 23.5 Å². The highest BCUT2D eigenvalue weighted by Gasteiger charge is 2.11. The van der Waals surface area contributed by atoms with E-state index in [0.29, 0.717) is 23.8 Å². The lowest BCUT2D eigenvalue weighted by Gasteiger charge is -2.11. The van der Waals surface area contributed by atoms with Crippen LogP contribution in [0.4, 0.5) is 10.1 Å². The Hall–Kier alpha value is -2.69. The van der Waals surface area contributed by atoms with Gasteiger partial charge in [0, 0.05) is 18.5 Å². The molecule has 0 aliphatic carbocycles. The SMILES string of the molecule is CCOc1cc(C=NNC(=O)CCC(=O)Nc2ccc(F)cc2)cc(I)c1OC.